The van der Waals surface area contributed by atoms with Crippen LogP contribution in [0.1, 0.15) is 40.8 Å². The van der Waals surface area contributed by atoms with Gasteiger partial charge in [0, 0.05) is 6.54 Å². The lowest BCUT2D eigenvalue weighted by Gasteiger charge is -2.25. The van der Waals surface area contributed by atoms with Crippen molar-refractivity contribution in [3.8, 4) is 5.75 Å². The molecule has 0 saturated carbocycles. The summed E-state index contributed by atoms with van der Waals surface area (Å²) in [6.45, 7) is 7.78. The van der Waals surface area contributed by atoms with Gasteiger partial charge in [0.1, 0.15) is 24.0 Å². The zero-order chi connectivity index (χ0) is 29.9. The van der Waals surface area contributed by atoms with E-state index in [2.05, 4.69) is 25.4 Å². The monoisotopic (exact) mass is 595 g/mol. The number of nitrogens with zero attached hydrogens (tertiary/aromatic N) is 4. The van der Waals surface area contributed by atoms with Gasteiger partial charge in [-0.25, -0.2) is 13.9 Å². The number of halogens is 1. The number of hydrogen-bond acceptors (Lipinski definition) is 12. The maximum Gasteiger partial charge on any atom is 0.459 e. The van der Waals surface area contributed by atoms with E-state index in [-0.39, 0.29) is 17.3 Å². The molecule has 16 heteroatoms. The normalized spacial score (nSPS) is 24.7. The number of anilines is 2. The topological polar surface area (TPSA) is 185 Å². The Balaban J connectivity index is 1.56. The Morgan fingerprint density at radius 2 is 2.00 bits per heavy atom. The summed E-state index contributed by atoms with van der Waals surface area (Å²) in [6.07, 6.45) is -3.51. The zero-order valence-corrected chi connectivity index (χ0v) is 24.2. The summed E-state index contributed by atoms with van der Waals surface area (Å²) in [5.74, 6) is -0.195. The largest absolute Gasteiger partial charge is 0.462 e. The first-order chi connectivity index (χ1) is 19.3. The molecule has 1 saturated heterocycles. The number of para-hydroxylation sites is 1. The molecule has 5 N–H and O–H groups in total. The Morgan fingerprint density at radius 1 is 1.29 bits per heavy atom. The molecule has 4 rings (SSSR count). The minimum absolute atomic E-state index is 0.0654. The molecule has 1 fully saturated rings. The van der Waals surface area contributed by atoms with Crippen molar-refractivity contribution in [3.05, 3.63) is 36.7 Å². The van der Waals surface area contributed by atoms with E-state index < -0.39 is 56.6 Å². The van der Waals surface area contributed by atoms with Crippen molar-refractivity contribution < 1.29 is 37.4 Å². The van der Waals surface area contributed by atoms with Crippen molar-refractivity contribution >= 4 is 36.6 Å². The first-order valence-corrected chi connectivity index (χ1v) is 14.6. The fourth-order valence-electron chi connectivity index (χ4n) is 4.25. The van der Waals surface area contributed by atoms with Gasteiger partial charge in [0.05, 0.1) is 19.0 Å². The van der Waals surface area contributed by atoms with Crippen molar-refractivity contribution in [2.24, 2.45) is 0 Å². The van der Waals surface area contributed by atoms with Gasteiger partial charge in [-0.1, -0.05) is 18.2 Å². The number of nitrogens with one attached hydrogen (secondary N) is 2. The number of carbonyl (C=O) groups is 1. The summed E-state index contributed by atoms with van der Waals surface area (Å²) in [4.78, 5) is 25.0. The minimum Gasteiger partial charge on any atom is -0.462 e. The molecule has 0 radical (unpaired) electrons. The molecule has 224 valence electrons. The Morgan fingerprint density at radius 3 is 2.66 bits per heavy atom. The van der Waals surface area contributed by atoms with Crippen molar-refractivity contribution in [3.63, 3.8) is 0 Å². The number of alkyl halides is 1. The molecule has 0 amide bonds. The van der Waals surface area contributed by atoms with Gasteiger partial charge in [-0.05, 0) is 46.8 Å². The molecule has 1 aliphatic heterocycles. The lowest BCUT2D eigenvalue weighted by molar-refractivity contribution is -0.149. The van der Waals surface area contributed by atoms with Crippen LogP contribution in [-0.2, 0) is 23.4 Å². The van der Waals surface area contributed by atoms with Crippen molar-refractivity contribution in [2.45, 2.75) is 70.9 Å². The van der Waals surface area contributed by atoms with Crippen molar-refractivity contribution in [2.75, 3.05) is 24.2 Å². The molecule has 0 spiro atoms. The highest BCUT2D eigenvalue weighted by atomic mass is 31.2. The molecule has 41 heavy (non-hydrogen) atoms. The molecule has 3 aromatic rings. The van der Waals surface area contributed by atoms with E-state index in [1.54, 1.807) is 44.2 Å². The number of esters is 1. The SMILES string of the molecule is CCNc1nc(N)nc2c1ncn2[C@@H]1O[C@H](COP(=O)(N[C@H](C)C(=O)OC(C)C)Oc2ccccc2)[C@@H](O)[C@@]1(C)F. The molecular formula is C25H35FN7O7P. The van der Waals surface area contributed by atoms with E-state index in [4.69, 9.17) is 24.3 Å². The van der Waals surface area contributed by atoms with E-state index in [1.807, 2.05) is 6.92 Å². The van der Waals surface area contributed by atoms with Crippen LogP contribution in [0.2, 0.25) is 0 Å². The summed E-state index contributed by atoms with van der Waals surface area (Å²) in [5.41, 5.74) is 4.03. The first-order valence-electron chi connectivity index (χ1n) is 13.1. The van der Waals surface area contributed by atoms with Gasteiger partial charge in [-0.2, -0.15) is 15.1 Å². The third-order valence-electron chi connectivity index (χ3n) is 6.19. The molecule has 0 bridgehead atoms. The van der Waals surface area contributed by atoms with Crippen LogP contribution in [0.4, 0.5) is 16.2 Å². The van der Waals surface area contributed by atoms with Gasteiger partial charge < -0.3 is 30.2 Å². The number of nitrogen functional groups attached to an aromatic ring is 1. The molecule has 1 unspecified atom stereocenters. The number of rotatable bonds is 12. The summed E-state index contributed by atoms with van der Waals surface area (Å²) < 4.78 is 53.4. The number of nitrogens with two attached hydrogens (primary N) is 1. The smallest absolute Gasteiger partial charge is 0.459 e. The van der Waals surface area contributed by atoms with Crippen LogP contribution in [0.15, 0.2) is 36.7 Å². The first kappa shape index (κ1) is 30.6. The van der Waals surface area contributed by atoms with Crippen LogP contribution < -0.4 is 20.7 Å². The molecule has 6 atom stereocenters. The average Bonchev–Trinajstić information content (AvgIpc) is 3.41. The second kappa shape index (κ2) is 12.2. The van der Waals surface area contributed by atoms with E-state index in [0.29, 0.717) is 17.9 Å². The molecule has 0 aliphatic carbocycles. The van der Waals surface area contributed by atoms with Crippen LogP contribution in [0.5, 0.6) is 5.75 Å². The highest BCUT2D eigenvalue weighted by molar-refractivity contribution is 7.52. The number of aliphatic hydroxyl groups is 1. The van der Waals surface area contributed by atoms with Crippen LogP contribution in [0.25, 0.3) is 11.2 Å². The van der Waals surface area contributed by atoms with Crippen LogP contribution >= 0.6 is 7.75 Å². The van der Waals surface area contributed by atoms with E-state index >= 15 is 4.39 Å². The van der Waals surface area contributed by atoms with Crippen LogP contribution in [-0.4, -0.2) is 73.8 Å². The third kappa shape index (κ3) is 6.76. The van der Waals surface area contributed by atoms with Crippen LogP contribution in [0, 0.1) is 0 Å². The van der Waals surface area contributed by atoms with Crippen molar-refractivity contribution in [1.29, 1.82) is 0 Å². The summed E-state index contributed by atoms with van der Waals surface area (Å²) in [5, 5.41) is 16.5. The third-order valence-corrected chi connectivity index (χ3v) is 7.83. The standard InChI is InChI=1S/C25H35FN7O7P/c1-6-28-20-18-21(31-24(27)30-20)33(13-29-18)23-25(5,26)19(34)17(39-23)12-37-41(36,40-16-10-8-7-9-11-16)32-15(4)22(35)38-14(2)3/h7-11,13-15,17,19,23,34H,6,12H2,1-5H3,(H,32,36)(H3,27,28,30,31)/t15-,17-,19-,23-,25-,41?/m1/s1. The van der Waals surface area contributed by atoms with Crippen LogP contribution in [0.3, 0.4) is 0 Å². The number of carbonyl (C=O) groups excluding carboxylic acids is 1. The van der Waals surface area contributed by atoms with Gasteiger partial charge >= 0.3 is 13.7 Å². The number of aliphatic hydroxyl groups excluding tert-OH is 1. The number of ether oxygens (including phenoxy) is 2. The molecule has 14 nitrogen and oxygen atoms in total. The fraction of sp³-hybridized carbons (Fsp3) is 0.520. The summed E-state index contributed by atoms with van der Waals surface area (Å²) in [7, 11) is -4.28. The zero-order valence-electron chi connectivity index (χ0n) is 23.4. The lowest BCUT2D eigenvalue weighted by atomic mass is 9.98. The number of hydrogen-bond donors (Lipinski definition) is 4. The molecular weight excluding hydrogens is 560 g/mol. The highest BCUT2D eigenvalue weighted by Crippen LogP contribution is 2.48. The Bertz CT molecular complexity index is 1410. The van der Waals surface area contributed by atoms with Gasteiger partial charge in [0.2, 0.25) is 5.95 Å². The predicted octanol–water partition coefficient (Wildman–Crippen LogP) is 2.96. The quantitative estimate of drug-likeness (QED) is 0.177. The minimum atomic E-state index is -4.28. The maximum atomic E-state index is 16.0. The van der Waals surface area contributed by atoms with Crippen molar-refractivity contribution in [1.82, 2.24) is 24.6 Å². The predicted molar refractivity (Wildman–Crippen MR) is 148 cm³/mol. The van der Waals surface area contributed by atoms with Gasteiger partial charge in [-0.15, -0.1) is 0 Å². The summed E-state index contributed by atoms with van der Waals surface area (Å²) >= 11 is 0. The number of benzene rings is 1. The molecule has 1 aromatic carbocycles. The Labute approximate surface area is 236 Å². The van der Waals surface area contributed by atoms with E-state index in [1.165, 1.54) is 17.8 Å². The lowest BCUT2D eigenvalue weighted by Crippen LogP contribution is -2.41. The fourth-order valence-corrected chi connectivity index (χ4v) is 5.75. The number of fused-ring (bicyclic) bond motifs is 1. The number of aromatic nitrogens is 4. The Kier molecular flexibility index (Phi) is 9.14. The Hall–Kier alpha value is -3.36. The highest BCUT2D eigenvalue weighted by Gasteiger charge is 2.56. The average molecular weight is 596 g/mol. The number of imidazole rings is 1. The van der Waals surface area contributed by atoms with E-state index in [9.17, 15) is 14.5 Å². The second-order valence-corrected chi connectivity index (χ2v) is 11.6. The molecule has 2 aromatic heterocycles. The van der Waals surface area contributed by atoms with E-state index in [0.717, 1.165) is 6.92 Å². The van der Waals surface area contributed by atoms with Gasteiger partial charge in [0.25, 0.3) is 0 Å². The van der Waals surface area contributed by atoms with Gasteiger partial charge in [-0.3, -0.25) is 13.9 Å². The van der Waals surface area contributed by atoms with Gasteiger partial charge in [0.15, 0.2) is 28.9 Å². The maximum absolute atomic E-state index is 16.0. The molecule has 1 aliphatic rings. The summed E-state index contributed by atoms with van der Waals surface area (Å²) in [6, 6.07) is 7.06. The second-order valence-electron chi connectivity index (χ2n) is 9.94. The molecule has 3 heterocycles.